The maximum atomic E-state index is 12.6. The van der Waals surface area contributed by atoms with Gasteiger partial charge in [-0.15, -0.1) is 0 Å². The number of nitrogens with zero attached hydrogens (tertiary/aromatic N) is 4. The highest BCUT2D eigenvalue weighted by Crippen LogP contribution is 2.43. The SMILES string of the molecule is Cn1cnc(S(=O)(=O)N2CC3(C2)OCC[C@@H]3CCNc2ccccn2)c1. The molecule has 4 heterocycles. The molecule has 0 amide bonds. The zero-order valence-electron chi connectivity index (χ0n) is 14.7. The van der Waals surface area contributed by atoms with Crippen LogP contribution in [-0.2, 0) is 21.8 Å². The molecule has 9 heteroatoms. The number of ether oxygens (including phenoxy) is 1. The van der Waals surface area contributed by atoms with Gasteiger partial charge in [0.2, 0.25) is 0 Å². The van der Waals surface area contributed by atoms with E-state index in [0.29, 0.717) is 25.6 Å². The number of aromatic nitrogens is 3. The van der Waals surface area contributed by atoms with Crippen molar-refractivity contribution < 1.29 is 13.2 Å². The third kappa shape index (κ3) is 3.10. The summed E-state index contributed by atoms with van der Waals surface area (Å²) in [6.45, 7) is 2.28. The van der Waals surface area contributed by atoms with E-state index in [4.69, 9.17) is 4.74 Å². The highest BCUT2D eigenvalue weighted by Gasteiger charge is 2.56. The van der Waals surface area contributed by atoms with Crippen LogP contribution >= 0.6 is 0 Å². The molecule has 2 saturated heterocycles. The second-order valence-electron chi connectivity index (χ2n) is 6.98. The zero-order valence-corrected chi connectivity index (χ0v) is 15.5. The average Bonchev–Trinajstić information content (AvgIpc) is 3.21. The van der Waals surface area contributed by atoms with E-state index in [9.17, 15) is 8.42 Å². The molecule has 0 bridgehead atoms. The molecule has 1 N–H and O–H groups in total. The third-order valence-electron chi connectivity index (χ3n) is 5.24. The summed E-state index contributed by atoms with van der Waals surface area (Å²) >= 11 is 0. The Hall–Kier alpha value is -1.97. The summed E-state index contributed by atoms with van der Waals surface area (Å²) < 4.78 is 34.4. The average molecular weight is 377 g/mol. The van der Waals surface area contributed by atoms with Crippen LogP contribution in [0.5, 0.6) is 0 Å². The first kappa shape index (κ1) is 17.4. The van der Waals surface area contributed by atoms with Gasteiger partial charge in [-0.05, 0) is 30.9 Å². The fourth-order valence-electron chi connectivity index (χ4n) is 3.76. The van der Waals surface area contributed by atoms with Crippen molar-refractivity contribution in [1.29, 1.82) is 0 Å². The summed E-state index contributed by atoms with van der Waals surface area (Å²) in [6.07, 6.45) is 6.68. The van der Waals surface area contributed by atoms with Crippen molar-refractivity contribution in [2.24, 2.45) is 13.0 Å². The molecule has 2 aliphatic heterocycles. The van der Waals surface area contributed by atoms with E-state index in [0.717, 1.165) is 25.2 Å². The van der Waals surface area contributed by atoms with E-state index < -0.39 is 10.0 Å². The topological polar surface area (TPSA) is 89.4 Å². The van der Waals surface area contributed by atoms with Gasteiger partial charge < -0.3 is 14.6 Å². The van der Waals surface area contributed by atoms with Crippen LogP contribution in [0.2, 0.25) is 0 Å². The monoisotopic (exact) mass is 377 g/mol. The van der Waals surface area contributed by atoms with Gasteiger partial charge in [0.1, 0.15) is 5.82 Å². The summed E-state index contributed by atoms with van der Waals surface area (Å²) in [7, 11) is -1.78. The largest absolute Gasteiger partial charge is 0.372 e. The molecule has 8 nitrogen and oxygen atoms in total. The van der Waals surface area contributed by atoms with E-state index >= 15 is 0 Å². The van der Waals surface area contributed by atoms with E-state index in [-0.39, 0.29) is 10.6 Å². The molecule has 0 unspecified atom stereocenters. The predicted octanol–water partition coefficient (Wildman–Crippen LogP) is 1.10. The lowest BCUT2D eigenvalue weighted by molar-refractivity contribution is -0.102. The van der Waals surface area contributed by atoms with Gasteiger partial charge >= 0.3 is 0 Å². The van der Waals surface area contributed by atoms with Crippen LogP contribution in [0.4, 0.5) is 5.82 Å². The van der Waals surface area contributed by atoms with Crippen LogP contribution in [0, 0.1) is 5.92 Å². The second kappa shape index (κ2) is 6.64. The van der Waals surface area contributed by atoms with Crippen molar-refractivity contribution in [3.63, 3.8) is 0 Å². The number of hydrogen-bond donors (Lipinski definition) is 1. The van der Waals surface area contributed by atoms with Gasteiger partial charge in [-0.1, -0.05) is 6.07 Å². The molecule has 2 fully saturated rings. The first-order valence-electron chi connectivity index (χ1n) is 8.77. The molecular formula is C17H23N5O3S. The van der Waals surface area contributed by atoms with Crippen molar-refractivity contribution >= 4 is 15.8 Å². The Labute approximate surface area is 153 Å². The molecule has 4 rings (SSSR count). The number of aryl methyl sites for hydroxylation is 1. The van der Waals surface area contributed by atoms with Gasteiger partial charge in [-0.2, -0.15) is 4.31 Å². The Morgan fingerprint density at radius 3 is 2.88 bits per heavy atom. The first-order valence-corrected chi connectivity index (χ1v) is 10.2. The highest BCUT2D eigenvalue weighted by atomic mass is 32.2. The molecule has 0 radical (unpaired) electrons. The summed E-state index contributed by atoms with van der Waals surface area (Å²) in [6, 6.07) is 5.77. The lowest BCUT2D eigenvalue weighted by atomic mass is 9.80. The van der Waals surface area contributed by atoms with E-state index in [1.165, 1.54) is 16.8 Å². The lowest BCUT2D eigenvalue weighted by Crippen LogP contribution is -2.66. The summed E-state index contributed by atoms with van der Waals surface area (Å²) in [5, 5.41) is 3.41. The van der Waals surface area contributed by atoms with Crippen LogP contribution < -0.4 is 5.32 Å². The fourth-order valence-corrected chi connectivity index (χ4v) is 5.28. The molecule has 2 aromatic rings. The maximum Gasteiger partial charge on any atom is 0.262 e. The Kier molecular flexibility index (Phi) is 4.45. The maximum absolute atomic E-state index is 12.6. The molecule has 2 aliphatic rings. The number of hydrogen-bond acceptors (Lipinski definition) is 6. The van der Waals surface area contributed by atoms with Gasteiger partial charge in [-0.25, -0.2) is 18.4 Å². The number of imidazole rings is 1. The Balaban J connectivity index is 1.36. The third-order valence-corrected chi connectivity index (χ3v) is 6.91. The van der Waals surface area contributed by atoms with Crippen LogP contribution in [0.25, 0.3) is 0 Å². The molecular weight excluding hydrogens is 354 g/mol. The van der Waals surface area contributed by atoms with Crippen molar-refractivity contribution in [3.8, 4) is 0 Å². The van der Waals surface area contributed by atoms with Crippen molar-refractivity contribution in [1.82, 2.24) is 18.8 Å². The molecule has 0 aromatic carbocycles. The quantitative estimate of drug-likeness (QED) is 0.811. The normalized spacial score (nSPS) is 22.4. The smallest absolute Gasteiger partial charge is 0.262 e. The number of nitrogens with one attached hydrogen (secondary N) is 1. The number of rotatable bonds is 6. The van der Waals surface area contributed by atoms with Crippen LogP contribution in [0.1, 0.15) is 12.8 Å². The van der Waals surface area contributed by atoms with Crippen molar-refractivity contribution in [2.45, 2.75) is 23.5 Å². The van der Waals surface area contributed by atoms with Gasteiger partial charge in [-0.3, -0.25) is 0 Å². The lowest BCUT2D eigenvalue weighted by Gasteiger charge is -2.49. The first-order chi connectivity index (χ1) is 12.5. The predicted molar refractivity (Wildman–Crippen MR) is 96.1 cm³/mol. The van der Waals surface area contributed by atoms with Crippen LogP contribution in [-0.4, -0.2) is 59.1 Å². The van der Waals surface area contributed by atoms with Gasteiger partial charge in [0.25, 0.3) is 10.0 Å². The fraction of sp³-hybridized carbons (Fsp3) is 0.529. The minimum atomic E-state index is -3.54. The molecule has 2 aromatic heterocycles. The molecule has 26 heavy (non-hydrogen) atoms. The standard InChI is InChI=1S/C17H23N5O3S/c1-21-10-16(20-13-21)26(23,24)22-11-17(12-22)14(6-9-25-17)5-8-19-15-4-2-3-7-18-15/h2-4,7,10,13-14H,5-6,8-9,11-12H2,1H3,(H,18,19)/t14-/m0/s1. The molecule has 1 atom stereocenters. The second-order valence-corrected chi connectivity index (χ2v) is 8.86. The molecule has 1 spiro atoms. The van der Waals surface area contributed by atoms with E-state index in [1.54, 1.807) is 17.8 Å². The Morgan fingerprint density at radius 1 is 1.35 bits per heavy atom. The minimum Gasteiger partial charge on any atom is -0.372 e. The highest BCUT2D eigenvalue weighted by molar-refractivity contribution is 7.89. The number of pyridine rings is 1. The van der Waals surface area contributed by atoms with E-state index in [2.05, 4.69) is 15.3 Å². The van der Waals surface area contributed by atoms with Crippen LogP contribution in [0.15, 0.2) is 41.9 Å². The van der Waals surface area contributed by atoms with Crippen LogP contribution in [0.3, 0.4) is 0 Å². The van der Waals surface area contributed by atoms with Crippen molar-refractivity contribution in [2.75, 3.05) is 31.6 Å². The summed E-state index contributed by atoms with van der Waals surface area (Å²) in [4.78, 5) is 8.24. The molecule has 0 aliphatic carbocycles. The van der Waals surface area contributed by atoms with Gasteiger partial charge in [0.05, 0.1) is 11.9 Å². The molecule has 140 valence electrons. The zero-order chi connectivity index (χ0) is 18.2. The van der Waals surface area contributed by atoms with Gasteiger partial charge in [0.15, 0.2) is 5.03 Å². The Morgan fingerprint density at radius 2 is 2.19 bits per heavy atom. The Bertz CT molecular complexity index is 862. The summed E-state index contributed by atoms with van der Waals surface area (Å²) in [5.74, 6) is 1.20. The molecule has 0 saturated carbocycles. The minimum absolute atomic E-state index is 0.0983. The van der Waals surface area contributed by atoms with E-state index in [1.807, 2.05) is 18.2 Å². The number of sulfonamides is 1. The van der Waals surface area contributed by atoms with Crippen molar-refractivity contribution in [3.05, 3.63) is 36.9 Å². The van der Waals surface area contributed by atoms with Gasteiger partial charge in [0, 0.05) is 45.7 Å². The summed E-state index contributed by atoms with van der Waals surface area (Å²) in [5.41, 5.74) is -0.354. The number of anilines is 1.